The molecule has 0 aliphatic carbocycles. The molecule has 0 aliphatic heterocycles. The predicted molar refractivity (Wildman–Crippen MR) is 85.1 cm³/mol. The van der Waals surface area contributed by atoms with Gasteiger partial charge in [-0.3, -0.25) is 0 Å². The molecule has 0 spiro atoms. The number of aliphatic hydroxyl groups is 1. The third kappa shape index (κ3) is 3.84. The molecule has 2 rings (SSSR count). The third-order valence-electron chi connectivity index (χ3n) is 3.71. The summed E-state index contributed by atoms with van der Waals surface area (Å²) in [6.45, 7) is 3.00. The maximum atomic E-state index is 10.2. The van der Waals surface area contributed by atoms with Crippen molar-refractivity contribution in [1.29, 1.82) is 0 Å². The van der Waals surface area contributed by atoms with Crippen LogP contribution in [-0.2, 0) is 6.42 Å². The minimum atomic E-state index is -0.395. The summed E-state index contributed by atoms with van der Waals surface area (Å²) in [5, 5.41) is 10.2. The third-order valence-corrected chi connectivity index (χ3v) is 3.71. The van der Waals surface area contributed by atoms with Crippen LogP contribution in [0.5, 0.6) is 0 Å². The van der Waals surface area contributed by atoms with E-state index in [1.807, 2.05) is 30.3 Å². The molecule has 2 heteroatoms. The molecule has 1 N–H and O–H groups in total. The molecule has 0 aromatic heterocycles. The van der Waals surface area contributed by atoms with Gasteiger partial charge < -0.3 is 10.0 Å². The van der Waals surface area contributed by atoms with Crippen LogP contribution >= 0.6 is 0 Å². The highest BCUT2D eigenvalue weighted by atomic mass is 16.3. The first-order valence-corrected chi connectivity index (χ1v) is 7.23. The van der Waals surface area contributed by atoms with E-state index in [0.717, 1.165) is 24.9 Å². The maximum Gasteiger partial charge on any atom is 0.0806 e. The molecular weight excluding hydrogens is 246 g/mol. The van der Waals surface area contributed by atoms with Gasteiger partial charge in [-0.1, -0.05) is 49.4 Å². The summed E-state index contributed by atoms with van der Waals surface area (Å²) in [4.78, 5) is 2.19. The summed E-state index contributed by atoms with van der Waals surface area (Å²) in [5.41, 5.74) is 3.54. The van der Waals surface area contributed by atoms with Crippen molar-refractivity contribution in [3.63, 3.8) is 0 Å². The predicted octanol–water partition coefficient (Wildman–Crippen LogP) is 3.81. The van der Waals surface area contributed by atoms with Gasteiger partial charge in [-0.2, -0.15) is 0 Å². The molecule has 1 atom stereocenters. The number of hydrogen-bond donors (Lipinski definition) is 1. The van der Waals surface area contributed by atoms with Crippen LogP contribution in [0.2, 0.25) is 0 Å². The molecule has 0 saturated carbocycles. The Kier molecular flexibility index (Phi) is 5.19. The van der Waals surface area contributed by atoms with Crippen LogP contribution in [0, 0.1) is 0 Å². The van der Waals surface area contributed by atoms with E-state index in [-0.39, 0.29) is 0 Å². The number of hydrogen-bond acceptors (Lipinski definition) is 2. The second-order valence-electron chi connectivity index (χ2n) is 5.16. The number of aliphatic hydroxyl groups excluding tert-OH is 1. The van der Waals surface area contributed by atoms with Crippen LogP contribution in [0.15, 0.2) is 54.6 Å². The van der Waals surface area contributed by atoms with Crippen LogP contribution in [-0.4, -0.2) is 18.7 Å². The lowest BCUT2D eigenvalue weighted by molar-refractivity contribution is 0.170. The van der Waals surface area contributed by atoms with Crippen molar-refractivity contribution < 1.29 is 5.11 Å². The second-order valence-corrected chi connectivity index (χ2v) is 5.16. The molecule has 1 unspecified atom stereocenters. The lowest BCUT2D eigenvalue weighted by atomic mass is 10.1. The van der Waals surface area contributed by atoms with Gasteiger partial charge in [0.25, 0.3) is 0 Å². The van der Waals surface area contributed by atoms with Crippen LogP contribution in [0.1, 0.15) is 30.6 Å². The minimum Gasteiger partial charge on any atom is -0.388 e. The van der Waals surface area contributed by atoms with Crippen LogP contribution in [0.3, 0.4) is 0 Å². The monoisotopic (exact) mass is 269 g/mol. The van der Waals surface area contributed by atoms with E-state index < -0.39 is 6.10 Å². The van der Waals surface area contributed by atoms with E-state index in [9.17, 15) is 5.11 Å². The first-order valence-electron chi connectivity index (χ1n) is 7.23. The molecule has 0 radical (unpaired) electrons. The van der Waals surface area contributed by atoms with E-state index >= 15 is 0 Å². The average molecular weight is 269 g/mol. The lowest BCUT2D eigenvalue weighted by Crippen LogP contribution is -2.20. The van der Waals surface area contributed by atoms with Crippen molar-refractivity contribution in [1.82, 2.24) is 0 Å². The minimum absolute atomic E-state index is 0.395. The maximum absolute atomic E-state index is 10.2. The van der Waals surface area contributed by atoms with Gasteiger partial charge in [0.05, 0.1) is 6.10 Å². The first-order chi connectivity index (χ1) is 9.70. The standard InChI is InChI=1S/C18H23NO/c1-3-15-9-11-17(12-10-15)19(2)14-13-18(20)16-7-5-4-6-8-16/h4-12,18,20H,3,13-14H2,1-2H3. The molecular formula is C18H23NO. The van der Waals surface area contributed by atoms with Crippen LogP contribution < -0.4 is 4.90 Å². The molecule has 0 bridgehead atoms. The molecule has 0 heterocycles. The SMILES string of the molecule is CCc1ccc(N(C)CCC(O)c2ccccc2)cc1. The smallest absolute Gasteiger partial charge is 0.0806 e. The molecule has 2 nitrogen and oxygen atoms in total. The molecule has 20 heavy (non-hydrogen) atoms. The summed E-state index contributed by atoms with van der Waals surface area (Å²) in [7, 11) is 2.07. The Balaban J connectivity index is 1.89. The number of benzene rings is 2. The van der Waals surface area contributed by atoms with Crippen molar-refractivity contribution >= 4 is 5.69 Å². The van der Waals surface area contributed by atoms with Crippen molar-refractivity contribution in [2.45, 2.75) is 25.9 Å². The summed E-state index contributed by atoms with van der Waals surface area (Å²) in [6, 6.07) is 18.5. The van der Waals surface area contributed by atoms with Gasteiger partial charge in [0, 0.05) is 19.3 Å². The van der Waals surface area contributed by atoms with E-state index in [2.05, 4.69) is 43.1 Å². The van der Waals surface area contributed by atoms with Crippen molar-refractivity contribution in [3.05, 3.63) is 65.7 Å². The first kappa shape index (κ1) is 14.6. The Morgan fingerprint density at radius 1 is 1.00 bits per heavy atom. The average Bonchev–Trinajstić information content (AvgIpc) is 2.53. The van der Waals surface area contributed by atoms with E-state index in [1.165, 1.54) is 11.3 Å². The fourth-order valence-electron chi connectivity index (χ4n) is 2.27. The molecule has 0 aliphatic rings. The quantitative estimate of drug-likeness (QED) is 0.862. The van der Waals surface area contributed by atoms with Crippen molar-refractivity contribution in [3.8, 4) is 0 Å². The summed E-state index contributed by atoms with van der Waals surface area (Å²) in [6.07, 6.45) is 1.40. The zero-order valence-electron chi connectivity index (χ0n) is 12.3. The Labute approximate surface area is 121 Å². The zero-order valence-corrected chi connectivity index (χ0v) is 12.3. The molecule has 0 saturated heterocycles. The second kappa shape index (κ2) is 7.11. The number of nitrogens with zero attached hydrogens (tertiary/aromatic N) is 1. The Morgan fingerprint density at radius 2 is 1.65 bits per heavy atom. The van der Waals surface area contributed by atoms with Gasteiger partial charge in [0.15, 0.2) is 0 Å². The van der Waals surface area contributed by atoms with Gasteiger partial charge in [0.1, 0.15) is 0 Å². The van der Waals surface area contributed by atoms with Gasteiger partial charge >= 0.3 is 0 Å². The highest BCUT2D eigenvalue weighted by Crippen LogP contribution is 2.19. The van der Waals surface area contributed by atoms with E-state index in [0.29, 0.717) is 0 Å². The highest BCUT2D eigenvalue weighted by Gasteiger charge is 2.08. The molecule has 0 fully saturated rings. The van der Waals surface area contributed by atoms with Crippen LogP contribution in [0.25, 0.3) is 0 Å². The number of anilines is 1. The van der Waals surface area contributed by atoms with Crippen LogP contribution in [0.4, 0.5) is 5.69 Å². The van der Waals surface area contributed by atoms with Gasteiger partial charge in [-0.25, -0.2) is 0 Å². The Hall–Kier alpha value is -1.80. The highest BCUT2D eigenvalue weighted by molar-refractivity contribution is 5.46. The zero-order chi connectivity index (χ0) is 14.4. The summed E-state index contributed by atoms with van der Waals surface area (Å²) < 4.78 is 0. The lowest BCUT2D eigenvalue weighted by Gasteiger charge is -2.21. The molecule has 2 aromatic carbocycles. The van der Waals surface area contributed by atoms with Crippen molar-refractivity contribution in [2.75, 3.05) is 18.5 Å². The molecule has 0 amide bonds. The van der Waals surface area contributed by atoms with Crippen molar-refractivity contribution in [2.24, 2.45) is 0 Å². The normalized spacial score (nSPS) is 12.2. The topological polar surface area (TPSA) is 23.5 Å². The number of aryl methyl sites for hydroxylation is 1. The fourth-order valence-corrected chi connectivity index (χ4v) is 2.27. The Morgan fingerprint density at radius 3 is 2.25 bits per heavy atom. The van der Waals surface area contributed by atoms with E-state index in [4.69, 9.17) is 0 Å². The fraction of sp³-hybridized carbons (Fsp3) is 0.333. The summed E-state index contributed by atoms with van der Waals surface area (Å²) in [5.74, 6) is 0. The van der Waals surface area contributed by atoms with E-state index in [1.54, 1.807) is 0 Å². The molecule has 2 aromatic rings. The Bertz CT molecular complexity index is 507. The van der Waals surface area contributed by atoms with Gasteiger partial charge in [-0.15, -0.1) is 0 Å². The number of rotatable bonds is 6. The summed E-state index contributed by atoms with van der Waals surface area (Å²) >= 11 is 0. The van der Waals surface area contributed by atoms with Gasteiger partial charge in [-0.05, 0) is 36.1 Å². The molecule has 106 valence electrons. The largest absolute Gasteiger partial charge is 0.388 e. The van der Waals surface area contributed by atoms with Gasteiger partial charge in [0.2, 0.25) is 0 Å².